The number of fused-ring (bicyclic) bond motifs is 3. The van der Waals surface area contributed by atoms with Crippen molar-refractivity contribution in [1.29, 1.82) is 0 Å². The lowest BCUT2D eigenvalue weighted by molar-refractivity contribution is -0.146. The van der Waals surface area contributed by atoms with Gasteiger partial charge in [0.1, 0.15) is 11.5 Å². The molecule has 3 rings (SSSR count). The zero-order valence-corrected chi connectivity index (χ0v) is 12.2. The average Bonchev–Trinajstić information content (AvgIpc) is 2.53. The second-order valence-corrected chi connectivity index (χ2v) is 4.94. The van der Waals surface area contributed by atoms with E-state index in [1.165, 1.54) is 7.11 Å². The Morgan fingerprint density at radius 1 is 1.19 bits per heavy atom. The zero-order chi connectivity index (χ0) is 15.0. The molecule has 0 N–H and O–H groups in total. The first-order valence-electron chi connectivity index (χ1n) is 6.68. The molecule has 1 unspecified atom stereocenters. The van der Waals surface area contributed by atoms with Crippen molar-refractivity contribution in [2.75, 3.05) is 14.2 Å². The summed E-state index contributed by atoms with van der Waals surface area (Å²) in [5.74, 6) is 1.03. The highest BCUT2D eigenvalue weighted by molar-refractivity contribution is 5.96. The van der Waals surface area contributed by atoms with Crippen LogP contribution in [-0.2, 0) is 9.53 Å². The molecule has 0 saturated carbocycles. The van der Waals surface area contributed by atoms with E-state index in [1.54, 1.807) is 13.2 Å². The van der Waals surface area contributed by atoms with Crippen molar-refractivity contribution in [3.8, 4) is 11.5 Å². The smallest absolute Gasteiger partial charge is 0.351 e. The van der Waals surface area contributed by atoms with E-state index in [2.05, 4.69) is 6.92 Å². The summed E-state index contributed by atoms with van der Waals surface area (Å²) in [5.41, 5.74) is 2.10. The van der Waals surface area contributed by atoms with Crippen molar-refractivity contribution < 1.29 is 19.0 Å². The number of esters is 1. The number of benzene rings is 2. The Kier molecular flexibility index (Phi) is 3.29. The Bertz CT molecular complexity index is 746. The molecule has 108 valence electrons. The van der Waals surface area contributed by atoms with Gasteiger partial charge in [-0.15, -0.1) is 0 Å². The van der Waals surface area contributed by atoms with Crippen LogP contribution in [0.5, 0.6) is 11.5 Å². The lowest BCUT2D eigenvalue weighted by Gasteiger charge is -2.22. The van der Waals surface area contributed by atoms with Crippen LogP contribution in [0.2, 0.25) is 0 Å². The van der Waals surface area contributed by atoms with Crippen LogP contribution in [0.25, 0.3) is 16.8 Å². The highest BCUT2D eigenvalue weighted by Crippen LogP contribution is 2.38. The van der Waals surface area contributed by atoms with E-state index >= 15 is 0 Å². The molecule has 4 heteroatoms. The second-order valence-electron chi connectivity index (χ2n) is 4.94. The van der Waals surface area contributed by atoms with Crippen molar-refractivity contribution in [2.24, 2.45) is 0 Å². The van der Waals surface area contributed by atoms with Gasteiger partial charge in [-0.2, -0.15) is 0 Å². The van der Waals surface area contributed by atoms with Gasteiger partial charge in [-0.3, -0.25) is 0 Å². The number of methoxy groups -OCH3 is 2. The number of hydrogen-bond donors (Lipinski definition) is 0. The molecule has 0 aliphatic carbocycles. The van der Waals surface area contributed by atoms with Gasteiger partial charge in [0.2, 0.25) is 6.10 Å². The number of aryl methyl sites for hydroxylation is 1. The lowest BCUT2D eigenvalue weighted by atomic mass is 9.98. The van der Waals surface area contributed by atoms with Crippen LogP contribution in [0.4, 0.5) is 0 Å². The van der Waals surface area contributed by atoms with Crippen LogP contribution in [0.15, 0.2) is 30.3 Å². The Hall–Kier alpha value is -2.49. The van der Waals surface area contributed by atoms with Crippen LogP contribution in [0.3, 0.4) is 0 Å². The molecular formula is C17H16O4. The Labute approximate surface area is 122 Å². The molecule has 4 nitrogen and oxygen atoms in total. The number of rotatable bonds is 2. The summed E-state index contributed by atoms with van der Waals surface area (Å²) >= 11 is 0. The molecule has 1 atom stereocenters. The fourth-order valence-corrected chi connectivity index (χ4v) is 2.57. The van der Waals surface area contributed by atoms with Crippen molar-refractivity contribution >= 4 is 22.8 Å². The molecule has 21 heavy (non-hydrogen) atoms. The maximum absolute atomic E-state index is 11.7. The van der Waals surface area contributed by atoms with E-state index in [1.807, 2.05) is 30.3 Å². The molecular weight excluding hydrogens is 268 g/mol. The predicted octanol–water partition coefficient (Wildman–Crippen LogP) is 3.10. The minimum atomic E-state index is -0.709. The Morgan fingerprint density at radius 2 is 2.00 bits per heavy atom. The van der Waals surface area contributed by atoms with E-state index in [4.69, 9.17) is 14.2 Å². The molecule has 0 radical (unpaired) electrons. The number of carbonyl (C=O) groups is 1. The van der Waals surface area contributed by atoms with Crippen LogP contribution in [0.1, 0.15) is 11.1 Å². The SMILES string of the molecule is COC(=O)C1C=Cc2cc(C)c3ccc(OC)cc3c2O1. The zero-order valence-electron chi connectivity index (χ0n) is 12.2. The Morgan fingerprint density at radius 3 is 2.71 bits per heavy atom. The maximum atomic E-state index is 11.7. The molecule has 0 bridgehead atoms. The summed E-state index contributed by atoms with van der Waals surface area (Å²) in [6.45, 7) is 2.05. The summed E-state index contributed by atoms with van der Waals surface area (Å²) < 4.78 is 15.9. The first-order valence-corrected chi connectivity index (χ1v) is 6.68. The fourth-order valence-electron chi connectivity index (χ4n) is 2.57. The third-order valence-electron chi connectivity index (χ3n) is 3.66. The minimum Gasteiger partial charge on any atom is -0.497 e. The average molecular weight is 284 g/mol. The molecule has 1 aliphatic rings. The monoisotopic (exact) mass is 284 g/mol. The summed E-state index contributed by atoms with van der Waals surface area (Å²) in [5, 5.41) is 2.01. The number of ether oxygens (including phenoxy) is 3. The van der Waals surface area contributed by atoms with E-state index in [0.717, 1.165) is 27.6 Å². The van der Waals surface area contributed by atoms with Gasteiger partial charge >= 0.3 is 5.97 Å². The highest BCUT2D eigenvalue weighted by Gasteiger charge is 2.24. The maximum Gasteiger partial charge on any atom is 0.351 e. The first kappa shape index (κ1) is 13.5. The molecule has 0 amide bonds. The van der Waals surface area contributed by atoms with Gasteiger partial charge in [0.25, 0.3) is 0 Å². The third-order valence-corrected chi connectivity index (χ3v) is 3.66. The second kappa shape index (κ2) is 5.13. The molecule has 1 aliphatic heterocycles. The van der Waals surface area contributed by atoms with Gasteiger partial charge < -0.3 is 14.2 Å². The minimum absolute atomic E-state index is 0.409. The first-order chi connectivity index (χ1) is 10.1. The van der Waals surface area contributed by atoms with Crippen molar-refractivity contribution in [1.82, 2.24) is 0 Å². The van der Waals surface area contributed by atoms with Crippen LogP contribution >= 0.6 is 0 Å². The van der Waals surface area contributed by atoms with Crippen LogP contribution < -0.4 is 9.47 Å². The summed E-state index contributed by atoms with van der Waals surface area (Å²) in [6, 6.07) is 7.89. The van der Waals surface area contributed by atoms with Gasteiger partial charge in [0, 0.05) is 10.9 Å². The number of hydrogen-bond acceptors (Lipinski definition) is 4. The van der Waals surface area contributed by atoms with E-state index in [0.29, 0.717) is 5.75 Å². The van der Waals surface area contributed by atoms with Gasteiger partial charge in [-0.1, -0.05) is 12.1 Å². The van der Waals surface area contributed by atoms with Gasteiger partial charge in [-0.05, 0) is 42.1 Å². The van der Waals surface area contributed by atoms with Crippen molar-refractivity contribution in [3.63, 3.8) is 0 Å². The van der Waals surface area contributed by atoms with Gasteiger partial charge in [0.15, 0.2) is 0 Å². The van der Waals surface area contributed by atoms with Gasteiger partial charge in [-0.25, -0.2) is 4.79 Å². The normalized spacial score (nSPS) is 16.2. The largest absolute Gasteiger partial charge is 0.497 e. The predicted molar refractivity (Wildman–Crippen MR) is 80.7 cm³/mol. The van der Waals surface area contributed by atoms with Crippen LogP contribution in [0, 0.1) is 6.92 Å². The van der Waals surface area contributed by atoms with Crippen molar-refractivity contribution in [3.05, 3.63) is 41.5 Å². The lowest BCUT2D eigenvalue weighted by Crippen LogP contribution is -2.28. The standard InChI is InChI=1S/C17H16O4/c1-10-8-11-4-7-15(17(18)20-3)21-16(11)14-9-12(19-2)5-6-13(10)14/h4-9,15H,1-3H3. The molecule has 0 saturated heterocycles. The summed E-state index contributed by atoms with van der Waals surface area (Å²) in [4.78, 5) is 11.7. The number of carbonyl (C=O) groups excluding carboxylic acids is 1. The van der Waals surface area contributed by atoms with Gasteiger partial charge in [0.05, 0.1) is 14.2 Å². The molecule has 0 spiro atoms. The molecule has 0 fully saturated rings. The molecule has 2 aromatic rings. The summed E-state index contributed by atoms with van der Waals surface area (Å²) in [6.07, 6.45) is 2.89. The Balaban J connectivity index is 2.19. The summed E-state index contributed by atoms with van der Waals surface area (Å²) in [7, 11) is 2.98. The highest BCUT2D eigenvalue weighted by atomic mass is 16.6. The van der Waals surface area contributed by atoms with E-state index in [9.17, 15) is 4.79 Å². The third kappa shape index (κ3) is 2.23. The van der Waals surface area contributed by atoms with E-state index in [-0.39, 0.29) is 0 Å². The molecule has 2 aromatic carbocycles. The quantitative estimate of drug-likeness (QED) is 0.795. The van der Waals surface area contributed by atoms with E-state index < -0.39 is 12.1 Å². The van der Waals surface area contributed by atoms with Crippen LogP contribution in [-0.4, -0.2) is 26.3 Å². The molecule has 0 aromatic heterocycles. The fraction of sp³-hybridized carbons (Fsp3) is 0.235. The van der Waals surface area contributed by atoms with Crippen molar-refractivity contribution in [2.45, 2.75) is 13.0 Å². The molecule has 1 heterocycles. The topological polar surface area (TPSA) is 44.8 Å².